The SMILES string of the molecule is CCCn1cc(NC(C)c2cnccn2)ccc1=O. The van der Waals surface area contributed by atoms with Crippen molar-refractivity contribution in [2.45, 2.75) is 32.9 Å². The highest BCUT2D eigenvalue weighted by Crippen LogP contribution is 2.15. The van der Waals surface area contributed by atoms with Gasteiger partial charge in [0.1, 0.15) is 0 Å². The van der Waals surface area contributed by atoms with E-state index in [0.29, 0.717) is 0 Å². The summed E-state index contributed by atoms with van der Waals surface area (Å²) in [4.78, 5) is 19.9. The predicted octanol–water partition coefficient (Wildman–Crippen LogP) is 2.22. The summed E-state index contributed by atoms with van der Waals surface area (Å²) < 4.78 is 1.71. The Hall–Kier alpha value is -2.17. The number of hydrogen-bond donors (Lipinski definition) is 1. The number of aryl methyl sites for hydroxylation is 1. The van der Waals surface area contributed by atoms with Crippen molar-refractivity contribution in [3.05, 3.63) is 53.0 Å². The predicted molar refractivity (Wildman–Crippen MR) is 75.1 cm³/mol. The highest BCUT2D eigenvalue weighted by molar-refractivity contribution is 5.42. The van der Waals surface area contributed by atoms with Gasteiger partial charge in [0.15, 0.2) is 0 Å². The molecule has 0 bridgehead atoms. The van der Waals surface area contributed by atoms with E-state index in [1.165, 1.54) is 0 Å². The van der Waals surface area contributed by atoms with E-state index in [2.05, 4.69) is 22.2 Å². The molecule has 0 fully saturated rings. The average Bonchev–Trinajstić information content (AvgIpc) is 2.44. The smallest absolute Gasteiger partial charge is 0.250 e. The Bertz CT molecular complexity index is 579. The fourth-order valence-electron chi connectivity index (χ4n) is 1.89. The Labute approximate surface area is 112 Å². The van der Waals surface area contributed by atoms with Crippen LogP contribution in [-0.4, -0.2) is 14.5 Å². The molecule has 1 atom stereocenters. The van der Waals surface area contributed by atoms with Crippen LogP contribution in [-0.2, 0) is 6.54 Å². The summed E-state index contributed by atoms with van der Waals surface area (Å²) in [6.07, 6.45) is 7.84. The monoisotopic (exact) mass is 258 g/mol. The molecule has 2 aromatic heterocycles. The van der Waals surface area contributed by atoms with E-state index < -0.39 is 0 Å². The number of pyridine rings is 1. The maximum absolute atomic E-state index is 11.6. The van der Waals surface area contributed by atoms with Crippen molar-refractivity contribution >= 4 is 5.69 Å². The Morgan fingerprint density at radius 3 is 2.89 bits per heavy atom. The molecule has 2 rings (SSSR count). The molecule has 0 spiro atoms. The van der Waals surface area contributed by atoms with Crippen molar-refractivity contribution in [3.63, 3.8) is 0 Å². The molecule has 5 heteroatoms. The molecule has 0 aromatic carbocycles. The lowest BCUT2D eigenvalue weighted by molar-refractivity contribution is 0.653. The first-order chi connectivity index (χ1) is 9.20. The minimum Gasteiger partial charge on any atom is -0.376 e. The van der Waals surface area contributed by atoms with Crippen LogP contribution in [0.3, 0.4) is 0 Å². The van der Waals surface area contributed by atoms with Gasteiger partial charge in [-0.1, -0.05) is 6.92 Å². The molecule has 0 aliphatic heterocycles. The second kappa shape index (κ2) is 6.13. The summed E-state index contributed by atoms with van der Waals surface area (Å²) in [5.41, 5.74) is 1.81. The quantitative estimate of drug-likeness (QED) is 0.893. The molecule has 0 aliphatic carbocycles. The maximum atomic E-state index is 11.6. The summed E-state index contributed by atoms with van der Waals surface area (Å²) in [6, 6.07) is 3.42. The van der Waals surface area contributed by atoms with E-state index in [1.807, 2.05) is 13.1 Å². The summed E-state index contributed by atoms with van der Waals surface area (Å²) >= 11 is 0. The minimum atomic E-state index is 0.0274. The van der Waals surface area contributed by atoms with Crippen LogP contribution in [0.15, 0.2) is 41.7 Å². The molecule has 19 heavy (non-hydrogen) atoms. The van der Waals surface area contributed by atoms with Gasteiger partial charge in [0.2, 0.25) is 0 Å². The second-order valence-corrected chi connectivity index (χ2v) is 4.45. The van der Waals surface area contributed by atoms with E-state index >= 15 is 0 Å². The van der Waals surface area contributed by atoms with Crippen LogP contribution in [0.25, 0.3) is 0 Å². The maximum Gasteiger partial charge on any atom is 0.250 e. The van der Waals surface area contributed by atoms with Gasteiger partial charge in [-0.05, 0) is 19.4 Å². The van der Waals surface area contributed by atoms with Crippen molar-refractivity contribution in [1.29, 1.82) is 0 Å². The fourth-order valence-corrected chi connectivity index (χ4v) is 1.89. The fraction of sp³-hybridized carbons (Fsp3) is 0.357. The van der Waals surface area contributed by atoms with Gasteiger partial charge in [0.05, 0.1) is 23.6 Å². The number of anilines is 1. The molecule has 5 nitrogen and oxygen atoms in total. The third-order valence-electron chi connectivity index (χ3n) is 2.86. The first-order valence-corrected chi connectivity index (χ1v) is 6.43. The van der Waals surface area contributed by atoms with Gasteiger partial charge in [0, 0.05) is 31.2 Å². The topological polar surface area (TPSA) is 59.8 Å². The van der Waals surface area contributed by atoms with E-state index in [1.54, 1.807) is 35.3 Å². The van der Waals surface area contributed by atoms with E-state index in [4.69, 9.17) is 0 Å². The minimum absolute atomic E-state index is 0.0274. The Balaban J connectivity index is 2.15. The lowest BCUT2D eigenvalue weighted by atomic mass is 10.2. The van der Waals surface area contributed by atoms with Crippen LogP contribution < -0.4 is 10.9 Å². The number of rotatable bonds is 5. The van der Waals surface area contributed by atoms with E-state index in [9.17, 15) is 4.79 Å². The highest BCUT2D eigenvalue weighted by atomic mass is 16.1. The zero-order chi connectivity index (χ0) is 13.7. The number of hydrogen-bond acceptors (Lipinski definition) is 4. The van der Waals surface area contributed by atoms with E-state index in [-0.39, 0.29) is 11.6 Å². The molecule has 0 aliphatic rings. The molecule has 1 N–H and O–H groups in total. The molecule has 2 heterocycles. The van der Waals surface area contributed by atoms with Crippen LogP contribution in [0.2, 0.25) is 0 Å². The third-order valence-corrected chi connectivity index (χ3v) is 2.86. The molecule has 0 saturated carbocycles. The second-order valence-electron chi connectivity index (χ2n) is 4.45. The average molecular weight is 258 g/mol. The number of nitrogens with zero attached hydrogens (tertiary/aromatic N) is 3. The van der Waals surface area contributed by atoms with Gasteiger partial charge in [-0.25, -0.2) is 0 Å². The van der Waals surface area contributed by atoms with Crippen molar-refractivity contribution in [2.24, 2.45) is 0 Å². The van der Waals surface area contributed by atoms with Crippen molar-refractivity contribution in [3.8, 4) is 0 Å². The molecule has 1 unspecified atom stereocenters. The van der Waals surface area contributed by atoms with Gasteiger partial charge in [-0.2, -0.15) is 0 Å². The van der Waals surface area contributed by atoms with Gasteiger partial charge in [0.25, 0.3) is 5.56 Å². The van der Waals surface area contributed by atoms with Gasteiger partial charge < -0.3 is 9.88 Å². The highest BCUT2D eigenvalue weighted by Gasteiger charge is 2.07. The molecule has 2 aromatic rings. The largest absolute Gasteiger partial charge is 0.376 e. The number of nitrogens with one attached hydrogen (secondary N) is 1. The summed E-state index contributed by atoms with van der Waals surface area (Å²) in [5.74, 6) is 0. The zero-order valence-electron chi connectivity index (χ0n) is 11.2. The zero-order valence-corrected chi connectivity index (χ0v) is 11.2. The first-order valence-electron chi connectivity index (χ1n) is 6.43. The lowest BCUT2D eigenvalue weighted by Gasteiger charge is -2.15. The van der Waals surface area contributed by atoms with Gasteiger partial charge in [-0.3, -0.25) is 14.8 Å². The Morgan fingerprint density at radius 1 is 1.37 bits per heavy atom. The van der Waals surface area contributed by atoms with Crippen LogP contribution in [0.4, 0.5) is 5.69 Å². The Kier molecular flexibility index (Phi) is 4.28. The van der Waals surface area contributed by atoms with Crippen LogP contribution in [0, 0.1) is 0 Å². The van der Waals surface area contributed by atoms with Crippen LogP contribution in [0.1, 0.15) is 32.0 Å². The van der Waals surface area contributed by atoms with Gasteiger partial charge >= 0.3 is 0 Å². The number of aromatic nitrogens is 3. The third kappa shape index (κ3) is 3.40. The Morgan fingerprint density at radius 2 is 2.21 bits per heavy atom. The van der Waals surface area contributed by atoms with Crippen molar-refractivity contribution in [1.82, 2.24) is 14.5 Å². The molecule has 0 radical (unpaired) electrons. The van der Waals surface area contributed by atoms with Crippen molar-refractivity contribution in [2.75, 3.05) is 5.32 Å². The normalized spacial score (nSPS) is 12.1. The lowest BCUT2D eigenvalue weighted by Crippen LogP contribution is -2.19. The molecule has 100 valence electrons. The molecular formula is C14H18N4O. The first kappa shape index (κ1) is 13.3. The van der Waals surface area contributed by atoms with Gasteiger partial charge in [-0.15, -0.1) is 0 Å². The standard InChI is InChI=1S/C14H18N4O/c1-3-8-18-10-12(4-5-14(18)19)17-11(2)13-9-15-6-7-16-13/h4-7,9-11,17H,3,8H2,1-2H3. The van der Waals surface area contributed by atoms with E-state index in [0.717, 1.165) is 24.3 Å². The van der Waals surface area contributed by atoms with Crippen LogP contribution in [0.5, 0.6) is 0 Å². The van der Waals surface area contributed by atoms with Crippen LogP contribution >= 0.6 is 0 Å². The molecule has 0 amide bonds. The molecule has 0 saturated heterocycles. The molecular weight excluding hydrogens is 240 g/mol. The summed E-state index contributed by atoms with van der Waals surface area (Å²) in [5, 5.41) is 3.32. The summed E-state index contributed by atoms with van der Waals surface area (Å²) in [6.45, 7) is 4.79. The summed E-state index contributed by atoms with van der Waals surface area (Å²) in [7, 11) is 0. The van der Waals surface area contributed by atoms with Crippen molar-refractivity contribution < 1.29 is 0 Å².